The molecule has 14 N–H and O–H groups in total. The number of nitrogens with one attached hydrogen (secondary N) is 4. The van der Waals surface area contributed by atoms with Gasteiger partial charge >= 0.3 is 0 Å². The van der Waals surface area contributed by atoms with E-state index in [9.17, 15) is 28.4 Å². The van der Waals surface area contributed by atoms with Gasteiger partial charge in [0.05, 0.1) is 12.1 Å². The molecular weight excluding hydrogens is 721 g/mol. The molecule has 3 aromatic carbocycles. The molecule has 0 spiro atoms. The van der Waals surface area contributed by atoms with Crippen LogP contribution in [0.4, 0.5) is 10.1 Å². The number of halogens is 1. The zero-order valence-corrected chi connectivity index (χ0v) is 31.5. The molecule has 3 rings (SSSR count). The molecule has 4 atom stereocenters. The molecule has 0 aromatic heterocycles. The third-order valence-electron chi connectivity index (χ3n) is 8.42. The van der Waals surface area contributed by atoms with Crippen molar-refractivity contribution in [2.24, 2.45) is 44.6 Å². The van der Waals surface area contributed by atoms with Crippen molar-refractivity contribution in [3.05, 3.63) is 101 Å². The SMILES string of the molecule is CC(C)C[C@H](NC(=O)[C@H](Cc1ccc(N=C(N)N)cc1)NC(=O)[C@H](Cc1ccc(F)cc1)NC(=O)Cc1ccccc1)C(=O)N[C@@H](CCCN=C(N)N)C(N)=O. The van der Waals surface area contributed by atoms with Crippen LogP contribution in [0.3, 0.4) is 0 Å². The van der Waals surface area contributed by atoms with E-state index in [1.165, 1.54) is 24.3 Å². The van der Waals surface area contributed by atoms with Crippen LogP contribution in [-0.2, 0) is 43.2 Å². The first-order valence-electron chi connectivity index (χ1n) is 18.1. The summed E-state index contributed by atoms with van der Waals surface area (Å²) in [6.45, 7) is 3.91. The minimum atomic E-state index is -1.27. The van der Waals surface area contributed by atoms with Gasteiger partial charge in [-0.15, -0.1) is 0 Å². The van der Waals surface area contributed by atoms with Gasteiger partial charge in [0.1, 0.15) is 30.0 Å². The number of primary amides is 1. The lowest BCUT2D eigenvalue weighted by Crippen LogP contribution is -2.59. The summed E-state index contributed by atoms with van der Waals surface area (Å²) >= 11 is 0. The standard InChI is InChI=1S/C39H52FN11O5/c1-23(2)19-30(35(54)49-29(34(41)53)9-6-18-46-38(42)43)50-37(56)32(21-26-12-16-28(17-13-26)47-39(44)45)51-36(55)31(20-25-10-14-27(40)15-11-25)48-33(52)22-24-7-4-3-5-8-24/h3-5,7-8,10-17,23,29-32H,6,9,18-22H2,1-2H3,(H2,41,53)(H,48,52)(H,49,54)(H,50,56)(H,51,55)(H4,42,43,46)(H4,44,45,47)/t29-,30-,31-,32-/m0/s1. The van der Waals surface area contributed by atoms with E-state index in [0.717, 1.165) is 0 Å². The molecule has 0 unspecified atom stereocenters. The highest BCUT2D eigenvalue weighted by atomic mass is 19.1. The Labute approximate surface area is 325 Å². The average molecular weight is 774 g/mol. The van der Waals surface area contributed by atoms with Gasteiger partial charge in [-0.05, 0) is 66.1 Å². The zero-order chi connectivity index (χ0) is 41.2. The van der Waals surface area contributed by atoms with E-state index >= 15 is 0 Å². The molecule has 0 aliphatic heterocycles. The quantitative estimate of drug-likeness (QED) is 0.0408. The van der Waals surface area contributed by atoms with Gasteiger partial charge in [-0.2, -0.15) is 0 Å². The lowest BCUT2D eigenvalue weighted by Gasteiger charge is -2.27. The summed E-state index contributed by atoms with van der Waals surface area (Å²) in [7, 11) is 0. The highest BCUT2D eigenvalue weighted by Gasteiger charge is 2.32. The molecule has 56 heavy (non-hydrogen) atoms. The van der Waals surface area contributed by atoms with E-state index in [1.807, 2.05) is 19.9 Å². The first-order chi connectivity index (χ1) is 26.6. The number of aliphatic imine (C=N–C) groups is 2. The fourth-order valence-electron chi connectivity index (χ4n) is 5.70. The molecule has 0 aliphatic rings. The fourth-order valence-corrected chi connectivity index (χ4v) is 5.70. The van der Waals surface area contributed by atoms with Crippen molar-refractivity contribution in [2.75, 3.05) is 6.54 Å². The Bertz CT molecular complexity index is 1830. The van der Waals surface area contributed by atoms with E-state index in [1.54, 1.807) is 48.5 Å². The topological polar surface area (TPSA) is 288 Å². The number of benzene rings is 3. The Morgan fingerprint density at radius 1 is 0.625 bits per heavy atom. The van der Waals surface area contributed by atoms with Crippen LogP contribution in [0, 0.1) is 11.7 Å². The Kier molecular flexibility index (Phi) is 17.2. The predicted octanol–water partition coefficient (Wildman–Crippen LogP) is 0.283. The Morgan fingerprint density at radius 2 is 1.14 bits per heavy atom. The van der Waals surface area contributed by atoms with E-state index in [4.69, 9.17) is 28.7 Å². The smallest absolute Gasteiger partial charge is 0.243 e. The van der Waals surface area contributed by atoms with Crippen molar-refractivity contribution in [3.8, 4) is 0 Å². The van der Waals surface area contributed by atoms with Crippen LogP contribution in [0.5, 0.6) is 0 Å². The number of nitrogens with two attached hydrogens (primary N) is 5. The molecule has 16 nitrogen and oxygen atoms in total. The number of carbonyl (C=O) groups excluding carboxylic acids is 5. The van der Waals surface area contributed by atoms with Crippen molar-refractivity contribution in [1.29, 1.82) is 0 Å². The van der Waals surface area contributed by atoms with Crippen LogP contribution in [0.15, 0.2) is 88.8 Å². The lowest BCUT2D eigenvalue weighted by atomic mass is 9.99. The van der Waals surface area contributed by atoms with Gasteiger partial charge in [0.2, 0.25) is 29.5 Å². The summed E-state index contributed by atoms with van der Waals surface area (Å²) in [4.78, 5) is 75.2. The van der Waals surface area contributed by atoms with Gasteiger partial charge in [0.15, 0.2) is 11.9 Å². The maximum absolute atomic E-state index is 14.1. The maximum Gasteiger partial charge on any atom is 0.243 e. The van der Waals surface area contributed by atoms with Crippen molar-refractivity contribution in [1.82, 2.24) is 21.3 Å². The fraction of sp³-hybridized carbons (Fsp3) is 0.359. The number of rotatable bonds is 21. The second-order valence-electron chi connectivity index (χ2n) is 13.7. The molecule has 300 valence electrons. The average Bonchev–Trinajstić information content (AvgIpc) is 3.13. The molecule has 0 saturated heterocycles. The zero-order valence-electron chi connectivity index (χ0n) is 31.5. The Balaban J connectivity index is 1.91. The Morgan fingerprint density at radius 3 is 1.68 bits per heavy atom. The first-order valence-corrected chi connectivity index (χ1v) is 18.1. The largest absolute Gasteiger partial charge is 0.370 e. The second kappa shape index (κ2) is 22.0. The molecule has 0 fully saturated rings. The molecule has 0 radical (unpaired) electrons. The third kappa shape index (κ3) is 15.8. The van der Waals surface area contributed by atoms with Gasteiger partial charge in [-0.1, -0.05) is 68.4 Å². The summed E-state index contributed by atoms with van der Waals surface area (Å²) in [5, 5.41) is 10.9. The minimum absolute atomic E-state index is 0.0212. The van der Waals surface area contributed by atoms with Gasteiger partial charge in [0, 0.05) is 19.4 Å². The number of carbonyl (C=O) groups is 5. The number of nitrogens with zero attached hydrogens (tertiary/aromatic N) is 2. The normalized spacial score (nSPS) is 12.9. The number of hydrogen-bond acceptors (Lipinski definition) is 7. The van der Waals surface area contributed by atoms with E-state index < -0.39 is 59.5 Å². The second-order valence-corrected chi connectivity index (χ2v) is 13.7. The predicted molar refractivity (Wildman–Crippen MR) is 212 cm³/mol. The molecule has 0 heterocycles. The van der Waals surface area contributed by atoms with Crippen LogP contribution in [0.25, 0.3) is 0 Å². The monoisotopic (exact) mass is 773 g/mol. The first kappa shape index (κ1) is 43.9. The van der Waals surface area contributed by atoms with Crippen molar-refractivity contribution in [3.63, 3.8) is 0 Å². The highest BCUT2D eigenvalue weighted by molar-refractivity contribution is 5.95. The van der Waals surface area contributed by atoms with Gasteiger partial charge in [0.25, 0.3) is 0 Å². The molecule has 0 bridgehead atoms. The summed E-state index contributed by atoms with van der Waals surface area (Å²) in [5.41, 5.74) is 29.7. The van der Waals surface area contributed by atoms with Gasteiger partial charge in [-0.3, -0.25) is 29.0 Å². The van der Waals surface area contributed by atoms with Crippen molar-refractivity contribution in [2.45, 2.75) is 76.5 Å². The summed E-state index contributed by atoms with van der Waals surface area (Å²) in [6.07, 6.45) is 0.556. The van der Waals surface area contributed by atoms with Gasteiger partial charge in [-0.25, -0.2) is 9.38 Å². The van der Waals surface area contributed by atoms with Gasteiger partial charge < -0.3 is 49.9 Å². The number of hydrogen-bond donors (Lipinski definition) is 9. The molecule has 5 amide bonds. The lowest BCUT2D eigenvalue weighted by molar-refractivity contribution is -0.134. The molecule has 17 heteroatoms. The minimum Gasteiger partial charge on any atom is -0.370 e. The van der Waals surface area contributed by atoms with Crippen LogP contribution >= 0.6 is 0 Å². The molecule has 0 saturated carbocycles. The summed E-state index contributed by atoms with van der Waals surface area (Å²) in [5.74, 6) is -4.14. The summed E-state index contributed by atoms with van der Waals surface area (Å²) < 4.78 is 13.8. The van der Waals surface area contributed by atoms with Crippen LogP contribution < -0.4 is 49.9 Å². The molecule has 0 aliphatic carbocycles. The molecular formula is C39H52FN11O5. The van der Waals surface area contributed by atoms with Crippen molar-refractivity contribution >= 4 is 47.1 Å². The molecule has 3 aromatic rings. The maximum atomic E-state index is 14.1. The number of guanidine groups is 2. The van der Waals surface area contributed by atoms with Crippen LogP contribution in [0.1, 0.15) is 49.8 Å². The van der Waals surface area contributed by atoms with Crippen LogP contribution in [0.2, 0.25) is 0 Å². The van der Waals surface area contributed by atoms with Crippen LogP contribution in [-0.4, -0.2) is 72.2 Å². The number of amides is 5. The van der Waals surface area contributed by atoms with E-state index in [-0.39, 0.29) is 56.5 Å². The highest BCUT2D eigenvalue weighted by Crippen LogP contribution is 2.16. The Hall–Kier alpha value is -6.52. The van der Waals surface area contributed by atoms with E-state index in [0.29, 0.717) is 28.8 Å². The summed E-state index contributed by atoms with van der Waals surface area (Å²) in [6, 6.07) is 16.3. The third-order valence-corrected chi connectivity index (χ3v) is 8.42. The van der Waals surface area contributed by atoms with E-state index in [2.05, 4.69) is 31.3 Å². The van der Waals surface area contributed by atoms with Crippen molar-refractivity contribution < 1.29 is 28.4 Å².